The molecular formula is C16H28N2O3S. The van der Waals surface area contributed by atoms with Gasteiger partial charge in [-0.25, -0.2) is 12.7 Å². The molecule has 0 aromatic carbocycles. The molecule has 3 aliphatic rings. The second kappa shape index (κ2) is 6.48. The topological polar surface area (TPSA) is 66.5 Å². The highest BCUT2D eigenvalue weighted by molar-refractivity contribution is 7.89. The highest BCUT2D eigenvalue weighted by Crippen LogP contribution is 2.47. The Bertz CT molecular complexity index is 511. The first-order valence-electron chi connectivity index (χ1n) is 8.75. The average Bonchev–Trinajstić information content (AvgIpc) is 3.15. The van der Waals surface area contributed by atoms with Crippen molar-refractivity contribution in [3.8, 4) is 0 Å². The van der Waals surface area contributed by atoms with Gasteiger partial charge < -0.3 is 5.32 Å². The van der Waals surface area contributed by atoms with Crippen molar-refractivity contribution in [2.24, 2.45) is 23.7 Å². The minimum atomic E-state index is -3.10. The van der Waals surface area contributed by atoms with Gasteiger partial charge in [-0.2, -0.15) is 0 Å². The van der Waals surface area contributed by atoms with Crippen LogP contribution in [-0.4, -0.2) is 44.0 Å². The maximum Gasteiger partial charge on any atom is 0.223 e. The van der Waals surface area contributed by atoms with Gasteiger partial charge in [-0.3, -0.25) is 4.79 Å². The van der Waals surface area contributed by atoms with Crippen molar-refractivity contribution in [1.82, 2.24) is 9.62 Å². The predicted molar refractivity (Wildman–Crippen MR) is 85.7 cm³/mol. The first-order valence-corrected chi connectivity index (χ1v) is 10.4. The number of carbonyl (C=O) groups excluding carboxylic acids is 1. The van der Waals surface area contributed by atoms with Crippen LogP contribution in [0.4, 0.5) is 0 Å². The summed E-state index contributed by atoms with van der Waals surface area (Å²) in [6.07, 6.45) is 6.70. The van der Waals surface area contributed by atoms with E-state index in [1.807, 2.05) is 0 Å². The van der Waals surface area contributed by atoms with Gasteiger partial charge in [-0.15, -0.1) is 0 Å². The highest BCUT2D eigenvalue weighted by Gasteiger charge is 2.39. The quantitative estimate of drug-likeness (QED) is 0.833. The Balaban J connectivity index is 1.42. The summed E-state index contributed by atoms with van der Waals surface area (Å²) in [5, 5.41) is 3.14. The molecule has 0 aromatic rings. The Hall–Kier alpha value is -0.620. The van der Waals surface area contributed by atoms with Crippen LogP contribution in [-0.2, 0) is 14.8 Å². The van der Waals surface area contributed by atoms with E-state index in [0.29, 0.717) is 31.8 Å². The van der Waals surface area contributed by atoms with Crippen molar-refractivity contribution in [3.05, 3.63) is 0 Å². The smallest absolute Gasteiger partial charge is 0.223 e. The minimum absolute atomic E-state index is 0.0121. The normalized spacial score (nSPS) is 33.2. The molecule has 2 saturated carbocycles. The third-order valence-electron chi connectivity index (χ3n) is 6.01. The van der Waals surface area contributed by atoms with Crippen LogP contribution in [0.2, 0.25) is 0 Å². The monoisotopic (exact) mass is 328 g/mol. The fourth-order valence-corrected chi connectivity index (χ4v) is 5.71. The summed E-state index contributed by atoms with van der Waals surface area (Å²) in [6.45, 7) is 3.47. The SMILES string of the molecule is CCS(=O)(=O)N1CCC(C(=O)NCC2CC3CCC2C3)CC1. The molecule has 1 N–H and O–H groups in total. The molecule has 5 nitrogen and oxygen atoms in total. The number of fused-ring (bicyclic) bond motifs is 2. The lowest BCUT2D eigenvalue weighted by Gasteiger charge is -2.31. The fourth-order valence-electron chi connectivity index (χ4n) is 4.58. The molecule has 0 spiro atoms. The number of rotatable bonds is 5. The van der Waals surface area contributed by atoms with Crippen molar-refractivity contribution in [3.63, 3.8) is 0 Å². The molecule has 1 amide bonds. The maximum absolute atomic E-state index is 12.3. The van der Waals surface area contributed by atoms with Crippen LogP contribution in [0, 0.1) is 23.7 Å². The van der Waals surface area contributed by atoms with E-state index in [9.17, 15) is 13.2 Å². The summed E-state index contributed by atoms with van der Waals surface area (Å²) < 4.78 is 25.2. The number of sulfonamides is 1. The summed E-state index contributed by atoms with van der Waals surface area (Å²) in [5.74, 6) is 2.70. The molecule has 1 aliphatic heterocycles. The Labute approximate surface area is 133 Å². The molecule has 2 bridgehead atoms. The van der Waals surface area contributed by atoms with Gasteiger partial charge in [0.25, 0.3) is 0 Å². The first-order chi connectivity index (χ1) is 10.5. The van der Waals surface area contributed by atoms with Gasteiger partial charge in [0.2, 0.25) is 15.9 Å². The molecule has 3 rings (SSSR count). The van der Waals surface area contributed by atoms with E-state index in [1.165, 1.54) is 30.0 Å². The lowest BCUT2D eigenvalue weighted by atomic mass is 9.88. The molecule has 2 aliphatic carbocycles. The van der Waals surface area contributed by atoms with E-state index in [1.54, 1.807) is 6.92 Å². The number of hydrogen-bond donors (Lipinski definition) is 1. The molecule has 3 unspecified atom stereocenters. The van der Waals surface area contributed by atoms with Crippen LogP contribution in [0.1, 0.15) is 45.4 Å². The Morgan fingerprint density at radius 1 is 1.14 bits per heavy atom. The van der Waals surface area contributed by atoms with Crippen molar-refractivity contribution in [2.45, 2.75) is 45.4 Å². The van der Waals surface area contributed by atoms with E-state index < -0.39 is 10.0 Å². The molecular weight excluding hydrogens is 300 g/mol. The van der Waals surface area contributed by atoms with Crippen LogP contribution in [0.3, 0.4) is 0 Å². The summed E-state index contributed by atoms with van der Waals surface area (Å²) in [6, 6.07) is 0. The summed E-state index contributed by atoms with van der Waals surface area (Å²) in [4.78, 5) is 12.3. The molecule has 3 fully saturated rings. The second-order valence-electron chi connectivity index (χ2n) is 7.25. The number of nitrogens with one attached hydrogen (secondary N) is 1. The van der Waals surface area contributed by atoms with Crippen molar-refractivity contribution in [1.29, 1.82) is 0 Å². The van der Waals surface area contributed by atoms with E-state index >= 15 is 0 Å². The molecule has 0 aromatic heterocycles. The summed E-state index contributed by atoms with van der Waals surface area (Å²) >= 11 is 0. The van der Waals surface area contributed by atoms with Gasteiger partial charge in [-0.05, 0) is 56.8 Å². The van der Waals surface area contributed by atoms with Gasteiger partial charge in [0.05, 0.1) is 5.75 Å². The van der Waals surface area contributed by atoms with Crippen molar-refractivity contribution >= 4 is 15.9 Å². The van der Waals surface area contributed by atoms with E-state index in [2.05, 4.69) is 5.32 Å². The molecule has 22 heavy (non-hydrogen) atoms. The lowest BCUT2D eigenvalue weighted by molar-refractivity contribution is -0.126. The number of amides is 1. The third kappa shape index (κ3) is 3.32. The van der Waals surface area contributed by atoms with Crippen LogP contribution in [0.15, 0.2) is 0 Å². The highest BCUT2D eigenvalue weighted by atomic mass is 32.2. The van der Waals surface area contributed by atoms with Crippen molar-refractivity contribution in [2.75, 3.05) is 25.4 Å². The predicted octanol–water partition coefficient (Wildman–Crippen LogP) is 1.60. The molecule has 0 radical (unpaired) electrons. The van der Waals surface area contributed by atoms with Crippen LogP contribution < -0.4 is 5.32 Å². The van der Waals surface area contributed by atoms with Gasteiger partial charge in [0, 0.05) is 25.6 Å². The number of carbonyl (C=O) groups is 1. The molecule has 1 saturated heterocycles. The third-order valence-corrected chi connectivity index (χ3v) is 7.89. The Morgan fingerprint density at radius 2 is 1.86 bits per heavy atom. The van der Waals surface area contributed by atoms with Gasteiger partial charge in [0.1, 0.15) is 0 Å². The van der Waals surface area contributed by atoms with Gasteiger partial charge in [-0.1, -0.05) is 6.42 Å². The first kappa shape index (κ1) is 16.2. The van der Waals surface area contributed by atoms with E-state index in [0.717, 1.165) is 18.4 Å². The van der Waals surface area contributed by atoms with Crippen LogP contribution >= 0.6 is 0 Å². The zero-order chi connectivity index (χ0) is 15.7. The van der Waals surface area contributed by atoms with E-state index in [4.69, 9.17) is 0 Å². The zero-order valence-corrected chi connectivity index (χ0v) is 14.3. The Morgan fingerprint density at radius 3 is 2.41 bits per heavy atom. The van der Waals surface area contributed by atoms with E-state index in [-0.39, 0.29) is 17.6 Å². The number of hydrogen-bond acceptors (Lipinski definition) is 3. The zero-order valence-electron chi connectivity index (χ0n) is 13.5. The van der Waals surface area contributed by atoms with Gasteiger partial charge in [0.15, 0.2) is 0 Å². The minimum Gasteiger partial charge on any atom is -0.356 e. The summed E-state index contributed by atoms with van der Waals surface area (Å²) in [5.41, 5.74) is 0. The van der Waals surface area contributed by atoms with Crippen molar-refractivity contribution < 1.29 is 13.2 Å². The molecule has 126 valence electrons. The molecule has 6 heteroatoms. The number of nitrogens with zero attached hydrogens (tertiary/aromatic N) is 1. The van der Waals surface area contributed by atoms with Gasteiger partial charge >= 0.3 is 0 Å². The Kier molecular flexibility index (Phi) is 4.78. The molecule has 1 heterocycles. The fraction of sp³-hybridized carbons (Fsp3) is 0.938. The van der Waals surface area contributed by atoms with Crippen LogP contribution in [0.25, 0.3) is 0 Å². The van der Waals surface area contributed by atoms with Crippen LogP contribution in [0.5, 0.6) is 0 Å². The standard InChI is InChI=1S/C16H28N2O3S/c1-2-22(20,21)18-7-5-13(6-8-18)16(19)17-11-15-10-12-3-4-14(15)9-12/h12-15H,2-11H2,1H3,(H,17,19). The number of piperidine rings is 1. The summed E-state index contributed by atoms with van der Waals surface area (Å²) in [7, 11) is -3.10. The average molecular weight is 328 g/mol. The second-order valence-corrected chi connectivity index (χ2v) is 9.51. The largest absolute Gasteiger partial charge is 0.356 e. The molecule has 3 atom stereocenters. The lowest BCUT2D eigenvalue weighted by Crippen LogP contribution is -2.44. The maximum atomic E-state index is 12.3.